The maximum Gasteiger partial charge on any atom is 0.252 e. The van der Waals surface area contributed by atoms with Gasteiger partial charge in [-0.1, -0.05) is 60.7 Å². The highest BCUT2D eigenvalue weighted by Crippen LogP contribution is 2.30. The highest BCUT2D eigenvalue weighted by Gasteiger charge is 2.26. The van der Waals surface area contributed by atoms with Crippen molar-refractivity contribution in [2.45, 2.75) is 36.7 Å². The molecule has 2 heterocycles. The number of anilines is 1. The Kier molecular flexibility index (Phi) is 7.50. The molecule has 2 aliphatic heterocycles. The summed E-state index contributed by atoms with van der Waals surface area (Å²) in [6, 6.07) is 26.3. The molecular weight excluding hydrogens is 454 g/mol. The van der Waals surface area contributed by atoms with Gasteiger partial charge in [0.2, 0.25) is 5.91 Å². The Hall–Kier alpha value is -3.09. The quantitative estimate of drug-likeness (QED) is 0.490. The number of likely N-dealkylation sites (tertiary alicyclic amines) is 1. The van der Waals surface area contributed by atoms with Gasteiger partial charge in [-0.3, -0.25) is 14.5 Å². The number of fused-ring (bicyclic) bond motifs is 1. The molecule has 0 radical (unpaired) electrons. The number of thioether (sulfide) groups is 1. The molecule has 6 heteroatoms. The van der Waals surface area contributed by atoms with Gasteiger partial charge in [0.1, 0.15) is 0 Å². The van der Waals surface area contributed by atoms with E-state index in [1.807, 2.05) is 53.4 Å². The summed E-state index contributed by atoms with van der Waals surface area (Å²) in [6.07, 6.45) is 2.95. The molecule has 5 nitrogen and oxygen atoms in total. The van der Waals surface area contributed by atoms with Crippen molar-refractivity contribution in [1.82, 2.24) is 10.2 Å². The van der Waals surface area contributed by atoms with E-state index in [2.05, 4.69) is 40.5 Å². The second-order valence-electron chi connectivity index (χ2n) is 9.24. The number of hydrogen-bond acceptors (Lipinski definition) is 4. The van der Waals surface area contributed by atoms with Gasteiger partial charge in [0, 0.05) is 36.3 Å². The molecule has 1 fully saturated rings. The van der Waals surface area contributed by atoms with Crippen LogP contribution in [0.25, 0.3) is 0 Å². The maximum atomic E-state index is 13.2. The lowest BCUT2D eigenvalue weighted by molar-refractivity contribution is -0.116. The third kappa shape index (κ3) is 5.77. The summed E-state index contributed by atoms with van der Waals surface area (Å²) in [4.78, 5) is 31.3. The van der Waals surface area contributed by atoms with Gasteiger partial charge in [0.05, 0.1) is 11.3 Å². The molecule has 0 saturated carbocycles. The zero-order chi connectivity index (χ0) is 24.0. The van der Waals surface area contributed by atoms with E-state index in [0.717, 1.165) is 56.0 Å². The third-order valence-corrected chi connectivity index (χ3v) is 7.82. The van der Waals surface area contributed by atoms with Crippen molar-refractivity contribution in [1.29, 1.82) is 0 Å². The molecule has 180 valence electrons. The van der Waals surface area contributed by atoms with Gasteiger partial charge < -0.3 is 10.2 Å². The van der Waals surface area contributed by atoms with Crippen LogP contribution >= 0.6 is 11.8 Å². The van der Waals surface area contributed by atoms with Crippen molar-refractivity contribution in [2.24, 2.45) is 0 Å². The Morgan fingerprint density at radius 3 is 2.57 bits per heavy atom. The molecule has 0 aromatic heterocycles. The first-order valence-electron chi connectivity index (χ1n) is 12.3. The van der Waals surface area contributed by atoms with E-state index in [1.165, 1.54) is 22.9 Å². The zero-order valence-electron chi connectivity index (χ0n) is 19.9. The summed E-state index contributed by atoms with van der Waals surface area (Å²) >= 11 is 1.45. The van der Waals surface area contributed by atoms with E-state index >= 15 is 0 Å². The fraction of sp³-hybridized carbons (Fsp3) is 0.310. The van der Waals surface area contributed by atoms with Crippen LogP contribution < -0.4 is 10.2 Å². The lowest BCUT2D eigenvalue weighted by Crippen LogP contribution is -2.47. The largest absolute Gasteiger partial charge is 0.348 e. The third-order valence-electron chi connectivity index (χ3n) is 6.76. The number of carbonyl (C=O) groups is 2. The Morgan fingerprint density at radius 2 is 1.69 bits per heavy atom. The van der Waals surface area contributed by atoms with Crippen molar-refractivity contribution in [2.75, 3.05) is 30.3 Å². The maximum absolute atomic E-state index is 13.2. The minimum atomic E-state index is -0.0568. The first-order chi connectivity index (χ1) is 17.2. The van der Waals surface area contributed by atoms with Crippen LogP contribution in [0.4, 0.5) is 5.69 Å². The summed E-state index contributed by atoms with van der Waals surface area (Å²) < 4.78 is 0. The van der Waals surface area contributed by atoms with Crippen molar-refractivity contribution in [3.63, 3.8) is 0 Å². The zero-order valence-corrected chi connectivity index (χ0v) is 20.7. The van der Waals surface area contributed by atoms with E-state index in [9.17, 15) is 9.59 Å². The summed E-state index contributed by atoms with van der Waals surface area (Å²) in [5.41, 5.74) is 4.18. The monoisotopic (exact) mass is 485 g/mol. The summed E-state index contributed by atoms with van der Waals surface area (Å²) in [6.45, 7) is 3.53. The SMILES string of the molecule is O=C(NC1CCCN(Cc2ccccc2)C1)c1ccccc1SCC(=O)N1CCc2ccccc21. The fourth-order valence-corrected chi connectivity index (χ4v) is 5.94. The average Bonchev–Trinajstić information content (AvgIpc) is 3.33. The van der Waals surface area contributed by atoms with Crippen molar-refractivity contribution in [3.05, 3.63) is 95.6 Å². The van der Waals surface area contributed by atoms with Crippen LogP contribution in [0.15, 0.2) is 83.8 Å². The van der Waals surface area contributed by atoms with Crippen LogP contribution in [0.1, 0.15) is 34.3 Å². The summed E-state index contributed by atoms with van der Waals surface area (Å²) in [5.74, 6) is 0.338. The summed E-state index contributed by atoms with van der Waals surface area (Å²) in [7, 11) is 0. The molecule has 2 amide bonds. The van der Waals surface area contributed by atoms with Crippen LogP contribution in [0.2, 0.25) is 0 Å². The molecule has 0 aliphatic carbocycles. The van der Waals surface area contributed by atoms with E-state index in [0.29, 0.717) is 11.3 Å². The van der Waals surface area contributed by atoms with Crippen molar-refractivity contribution in [3.8, 4) is 0 Å². The second kappa shape index (κ2) is 11.1. The van der Waals surface area contributed by atoms with E-state index in [-0.39, 0.29) is 17.9 Å². The molecule has 3 aromatic rings. The molecule has 35 heavy (non-hydrogen) atoms. The van der Waals surface area contributed by atoms with Crippen LogP contribution in [0.5, 0.6) is 0 Å². The number of nitrogens with one attached hydrogen (secondary N) is 1. The molecule has 1 unspecified atom stereocenters. The molecule has 3 aromatic carbocycles. The number of rotatable bonds is 7. The van der Waals surface area contributed by atoms with Gasteiger partial charge in [0.25, 0.3) is 5.91 Å². The Bertz CT molecular complexity index is 1180. The van der Waals surface area contributed by atoms with Gasteiger partial charge >= 0.3 is 0 Å². The minimum Gasteiger partial charge on any atom is -0.348 e. The lowest BCUT2D eigenvalue weighted by Gasteiger charge is -2.33. The van der Waals surface area contributed by atoms with Gasteiger partial charge in [-0.25, -0.2) is 0 Å². The number of nitrogens with zero attached hydrogens (tertiary/aromatic N) is 2. The van der Waals surface area contributed by atoms with Gasteiger partial charge in [-0.15, -0.1) is 11.8 Å². The van der Waals surface area contributed by atoms with E-state index < -0.39 is 0 Å². The molecule has 0 spiro atoms. The Morgan fingerprint density at radius 1 is 0.914 bits per heavy atom. The molecule has 1 N–H and O–H groups in total. The lowest BCUT2D eigenvalue weighted by atomic mass is 10.0. The minimum absolute atomic E-state index is 0.0568. The van der Waals surface area contributed by atoms with Crippen molar-refractivity contribution < 1.29 is 9.59 Å². The predicted molar refractivity (Wildman–Crippen MR) is 142 cm³/mol. The highest BCUT2D eigenvalue weighted by molar-refractivity contribution is 8.00. The van der Waals surface area contributed by atoms with Gasteiger partial charge in [-0.05, 0) is 55.1 Å². The standard InChI is InChI=1S/C29H31N3O2S/c33-28(32-18-16-23-11-4-6-14-26(23)32)21-35-27-15-7-5-13-25(27)29(34)30-24-12-8-17-31(20-24)19-22-9-2-1-3-10-22/h1-7,9-11,13-15,24H,8,12,16-21H2,(H,30,34). The molecule has 1 atom stereocenters. The van der Waals surface area contributed by atoms with Crippen LogP contribution in [-0.4, -0.2) is 48.1 Å². The molecule has 0 bridgehead atoms. The van der Waals surface area contributed by atoms with Crippen LogP contribution in [0, 0.1) is 0 Å². The van der Waals surface area contributed by atoms with E-state index in [4.69, 9.17) is 0 Å². The highest BCUT2D eigenvalue weighted by atomic mass is 32.2. The predicted octanol–water partition coefficient (Wildman–Crippen LogP) is 4.76. The fourth-order valence-electron chi connectivity index (χ4n) is 5.02. The topological polar surface area (TPSA) is 52.7 Å². The average molecular weight is 486 g/mol. The molecule has 1 saturated heterocycles. The Balaban J connectivity index is 1.19. The smallest absolute Gasteiger partial charge is 0.252 e. The number of carbonyl (C=O) groups excluding carboxylic acids is 2. The number of amides is 2. The van der Waals surface area contributed by atoms with E-state index in [1.54, 1.807) is 0 Å². The Labute approximate surface area is 211 Å². The number of piperidine rings is 1. The van der Waals surface area contributed by atoms with Crippen LogP contribution in [-0.2, 0) is 17.8 Å². The number of hydrogen-bond donors (Lipinski definition) is 1. The van der Waals surface area contributed by atoms with Crippen LogP contribution in [0.3, 0.4) is 0 Å². The number of para-hydroxylation sites is 1. The number of benzene rings is 3. The molecular formula is C29H31N3O2S. The first-order valence-corrected chi connectivity index (χ1v) is 13.3. The first kappa shape index (κ1) is 23.6. The summed E-state index contributed by atoms with van der Waals surface area (Å²) in [5, 5.41) is 3.26. The molecule has 5 rings (SSSR count). The van der Waals surface area contributed by atoms with Gasteiger partial charge in [0.15, 0.2) is 0 Å². The molecule has 2 aliphatic rings. The second-order valence-corrected chi connectivity index (χ2v) is 10.3. The van der Waals surface area contributed by atoms with Crippen molar-refractivity contribution >= 4 is 29.3 Å². The van der Waals surface area contributed by atoms with Gasteiger partial charge in [-0.2, -0.15) is 0 Å². The normalized spacial score (nSPS) is 17.7.